The predicted octanol–water partition coefficient (Wildman–Crippen LogP) is 4.12. The highest BCUT2D eigenvalue weighted by atomic mass is 35.5. The van der Waals surface area contributed by atoms with Crippen molar-refractivity contribution in [3.8, 4) is 0 Å². The average molecular weight is 429 g/mol. The molecule has 1 aliphatic heterocycles. The third kappa shape index (κ3) is 4.55. The van der Waals surface area contributed by atoms with Gasteiger partial charge in [-0.15, -0.1) is 0 Å². The number of nitrogens with zero attached hydrogens (tertiary/aromatic N) is 3. The predicted molar refractivity (Wildman–Crippen MR) is 122 cm³/mol. The van der Waals surface area contributed by atoms with Gasteiger partial charge in [0, 0.05) is 44.8 Å². The van der Waals surface area contributed by atoms with Gasteiger partial charge in [0.2, 0.25) is 0 Å². The standard InChI is InChI=1S/C22H25ClN4OS/c1-15-6-7-17(14-16(15)2)21(28)24-8-9-26-10-12-27(13-11-26)22-25-20-18(23)4-3-5-19(20)29-22/h3-7,14H,8-13H2,1-2H3,(H,24,28). The first kappa shape index (κ1) is 20.1. The van der Waals surface area contributed by atoms with Gasteiger partial charge >= 0.3 is 0 Å². The van der Waals surface area contributed by atoms with Gasteiger partial charge < -0.3 is 10.2 Å². The minimum atomic E-state index is -0.00177. The van der Waals surface area contributed by atoms with Gasteiger partial charge in [-0.3, -0.25) is 9.69 Å². The quantitative estimate of drug-likeness (QED) is 0.664. The molecule has 0 spiro atoms. The van der Waals surface area contributed by atoms with Crippen molar-refractivity contribution in [2.45, 2.75) is 13.8 Å². The zero-order chi connectivity index (χ0) is 20.4. The van der Waals surface area contributed by atoms with Crippen LogP contribution in [0.2, 0.25) is 5.02 Å². The molecule has 1 aromatic heterocycles. The minimum absolute atomic E-state index is 0.00177. The Morgan fingerprint density at radius 2 is 1.93 bits per heavy atom. The smallest absolute Gasteiger partial charge is 0.251 e. The maximum absolute atomic E-state index is 12.3. The molecule has 2 heterocycles. The Labute approximate surface area is 180 Å². The number of fused-ring (bicyclic) bond motifs is 1. The van der Waals surface area contributed by atoms with Gasteiger partial charge in [0.15, 0.2) is 5.13 Å². The Hall–Kier alpha value is -2.15. The average Bonchev–Trinajstić information content (AvgIpc) is 3.16. The first-order valence-electron chi connectivity index (χ1n) is 9.89. The number of anilines is 1. The number of thiazole rings is 1. The number of amides is 1. The Balaban J connectivity index is 1.26. The van der Waals surface area contributed by atoms with Gasteiger partial charge in [-0.2, -0.15) is 0 Å². The van der Waals surface area contributed by atoms with E-state index in [1.165, 1.54) is 5.56 Å². The zero-order valence-corrected chi connectivity index (χ0v) is 18.3. The van der Waals surface area contributed by atoms with Crippen molar-refractivity contribution in [1.29, 1.82) is 0 Å². The second kappa shape index (κ2) is 8.69. The fourth-order valence-electron chi connectivity index (χ4n) is 3.51. The molecule has 4 rings (SSSR count). The van der Waals surface area contributed by atoms with Gasteiger partial charge in [-0.05, 0) is 49.2 Å². The monoisotopic (exact) mass is 428 g/mol. The van der Waals surface area contributed by atoms with Gasteiger partial charge in [0.1, 0.15) is 5.52 Å². The second-order valence-electron chi connectivity index (χ2n) is 7.47. The van der Waals surface area contributed by atoms with Crippen LogP contribution in [0.1, 0.15) is 21.5 Å². The van der Waals surface area contributed by atoms with Crippen LogP contribution < -0.4 is 10.2 Å². The molecule has 0 saturated carbocycles. The molecular formula is C22H25ClN4OS. The van der Waals surface area contributed by atoms with E-state index < -0.39 is 0 Å². The molecule has 7 heteroatoms. The highest BCUT2D eigenvalue weighted by Crippen LogP contribution is 2.33. The zero-order valence-electron chi connectivity index (χ0n) is 16.7. The molecule has 152 valence electrons. The Bertz CT molecular complexity index is 1030. The number of halogens is 1. The van der Waals surface area contributed by atoms with E-state index >= 15 is 0 Å². The summed E-state index contributed by atoms with van der Waals surface area (Å²) in [7, 11) is 0. The SMILES string of the molecule is Cc1ccc(C(=O)NCCN2CCN(c3nc4c(Cl)cccc4s3)CC2)cc1C. The summed E-state index contributed by atoms with van der Waals surface area (Å²) in [6, 6.07) is 11.8. The molecule has 0 unspecified atom stereocenters. The van der Waals surface area contributed by atoms with Gasteiger partial charge in [0.05, 0.1) is 9.72 Å². The van der Waals surface area contributed by atoms with E-state index in [9.17, 15) is 4.79 Å². The van der Waals surface area contributed by atoms with Gasteiger partial charge in [0.25, 0.3) is 5.91 Å². The number of para-hydroxylation sites is 1. The number of aryl methyl sites for hydroxylation is 2. The van der Waals surface area contributed by atoms with Crippen LogP contribution >= 0.6 is 22.9 Å². The number of hydrogen-bond acceptors (Lipinski definition) is 5. The summed E-state index contributed by atoms with van der Waals surface area (Å²) in [5.41, 5.74) is 3.97. The van der Waals surface area contributed by atoms with Crippen LogP contribution in [0.3, 0.4) is 0 Å². The summed E-state index contributed by atoms with van der Waals surface area (Å²) < 4.78 is 1.13. The molecule has 0 radical (unpaired) electrons. The summed E-state index contributed by atoms with van der Waals surface area (Å²) in [6.45, 7) is 9.39. The first-order valence-corrected chi connectivity index (χ1v) is 11.1. The molecule has 0 bridgehead atoms. The van der Waals surface area contributed by atoms with E-state index in [1.807, 2.05) is 37.3 Å². The highest BCUT2D eigenvalue weighted by molar-refractivity contribution is 7.22. The number of rotatable bonds is 5. The minimum Gasteiger partial charge on any atom is -0.351 e. The van der Waals surface area contributed by atoms with Crippen LogP contribution in [0.25, 0.3) is 10.2 Å². The van der Waals surface area contributed by atoms with Crippen molar-refractivity contribution in [2.75, 3.05) is 44.2 Å². The van der Waals surface area contributed by atoms with Crippen molar-refractivity contribution < 1.29 is 4.79 Å². The topological polar surface area (TPSA) is 48.5 Å². The molecule has 1 fully saturated rings. The number of carbonyl (C=O) groups excluding carboxylic acids is 1. The Kier molecular flexibility index (Phi) is 6.04. The van der Waals surface area contributed by atoms with Crippen molar-refractivity contribution in [1.82, 2.24) is 15.2 Å². The van der Waals surface area contributed by atoms with E-state index in [2.05, 4.69) is 28.1 Å². The van der Waals surface area contributed by atoms with Crippen LogP contribution in [0, 0.1) is 13.8 Å². The summed E-state index contributed by atoms with van der Waals surface area (Å²) >= 11 is 7.95. The molecule has 5 nitrogen and oxygen atoms in total. The van der Waals surface area contributed by atoms with Crippen LogP contribution in [0.5, 0.6) is 0 Å². The fourth-order valence-corrected chi connectivity index (χ4v) is 4.83. The van der Waals surface area contributed by atoms with Gasteiger partial charge in [-0.25, -0.2) is 4.98 Å². The van der Waals surface area contributed by atoms with Crippen LogP contribution in [0.4, 0.5) is 5.13 Å². The summed E-state index contributed by atoms with van der Waals surface area (Å²) in [6.07, 6.45) is 0. The lowest BCUT2D eigenvalue weighted by molar-refractivity contribution is 0.0947. The van der Waals surface area contributed by atoms with Crippen molar-refractivity contribution in [3.63, 3.8) is 0 Å². The van der Waals surface area contributed by atoms with E-state index in [-0.39, 0.29) is 5.91 Å². The number of benzene rings is 2. The Morgan fingerprint density at radius 1 is 1.14 bits per heavy atom. The van der Waals surface area contributed by atoms with E-state index in [1.54, 1.807) is 11.3 Å². The lowest BCUT2D eigenvalue weighted by Gasteiger charge is -2.34. The number of carbonyl (C=O) groups is 1. The number of hydrogen-bond donors (Lipinski definition) is 1. The van der Waals surface area contributed by atoms with Crippen LogP contribution in [-0.2, 0) is 0 Å². The number of nitrogens with one attached hydrogen (secondary N) is 1. The molecule has 29 heavy (non-hydrogen) atoms. The van der Waals surface area contributed by atoms with Crippen molar-refractivity contribution >= 4 is 44.2 Å². The molecule has 0 aliphatic carbocycles. The molecule has 1 amide bonds. The molecule has 3 aromatic rings. The summed E-state index contributed by atoms with van der Waals surface area (Å²) in [5, 5.41) is 4.79. The molecular weight excluding hydrogens is 404 g/mol. The fraction of sp³-hybridized carbons (Fsp3) is 0.364. The molecule has 1 saturated heterocycles. The maximum Gasteiger partial charge on any atom is 0.251 e. The molecule has 2 aromatic carbocycles. The van der Waals surface area contributed by atoms with Crippen LogP contribution in [-0.4, -0.2) is 55.1 Å². The third-order valence-corrected chi connectivity index (χ3v) is 6.87. The molecule has 1 N–H and O–H groups in total. The molecule has 0 atom stereocenters. The van der Waals surface area contributed by atoms with Gasteiger partial charge in [-0.1, -0.05) is 35.1 Å². The lowest BCUT2D eigenvalue weighted by Crippen LogP contribution is -2.48. The maximum atomic E-state index is 12.3. The van der Waals surface area contributed by atoms with E-state index in [0.717, 1.165) is 59.2 Å². The van der Waals surface area contributed by atoms with E-state index in [0.29, 0.717) is 11.6 Å². The number of aromatic nitrogens is 1. The largest absolute Gasteiger partial charge is 0.351 e. The number of piperazine rings is 1. The molecule has 1 aliphatic rings. The summed E-state index contributed by atoms with van der Waals surface area (Å²) in [5.74, 6) is -0.00177. The summed E-state index contributed by atoms with van der Waals surface area (Å²) in [4.78, 5) is 21.8. The first-order chi connectivity index (χ1) is 14.0. The third-order valence-electron chi connectivity index (χ3n) is 5.48. The van der Waals surface area contributed by atoms with E-state index in [4.69, 9.17) is 16.6 Å². The lowest BCUT2D eigenvalue weighted by atomic mass is 10.1. The second-order valence-corrected chi connectivity index (χ2v) is 8.88. The van der Waals surface area contributed by atoms with Crippen molar-refractivity contribution in [3.05, 3.63) is 58.1 Å². The highest BCUT2D eigenvalue weighted by Gasteiger charge is 2.20. The Morgan fingerprint density at radius 3 is 2.66 bits per heavy atom. The van der Waals surface area contributed by atoms with Crippen LogP contribution in [0.15, 0.2) is 36.4 Å². The van der Waals surface area contributed by atoms with Crippen molar-refractivity contribution in [2.24, 2.45) is 0 Å². The normalized spacial score (nSPS) is 15.1.